The van der Waals surface area contributed by atoms with Gasteiger partial charge in [-0.05, 0) is 24.3 Å². The largest absolute Gasteiger partial charge is 0.502 e. The van der Waals surface area contributed by atoms with Crippen LogP contribution in [0.5, 0.6) is 5.75 Å². The van der Waals surface area contributed by atoms with Crippen LogP contribution in [0.2, 0.25) is 5.02 Å². The number of nitro benzene ring substituents is 1. The fraction of sp³-hybridized carbons (Fsp3) is 0. The van der Waals surface area contributed by atoms with E-state index in [2.05, 4.69) is 20.9 Å². The molecule has 2 rings (SSSR count). The minimum Gasteiger partial charge on any atom is -0.502 e. The Kier molecular flexibility index (Phi) is 4.54. The van der Waals surface area contributed by atoms with Crippen LogP contribution < -0.4 is 0 Å². The van der Waals surface area contributed by atoms with Gasteiger partial charge in [0.15, 0.2) is 0 Å². The molecule has 0 aromatic heterocycles. The zero-order valence-corrected chi connectivity index (χ0v) is 12.6. The average Bonchev–Trinajstić information content (AvgIpc) is 2.42. The van der Waals surface area contributed by atoms with Gasteiger partial charge in [0.2, 0.25) is 5.75 Å². The molecule has 0 spiro atoms. The summed E-state index contributed by atoms with van der Waals surface area (Å²) in [5.74, 6) is -1.07. The number of phenolic OH excluding ortho intramolecular Hbond substituents is 1. The van der Waals surface area contributed by atoms with E-state index in [9.17, 15) is 19.6 Å². The molecule has 0 aliphatic heterocycles. The Morgan fingerprint density at radius 2 is 2.10 bits per heavy atom. The van der Waals surface area contributed by atoms with Crippen molar-refractivity contribution >= 4 is 45.1 Å². The summed E-state index contributed by atoms with van der Waals surface area (Å²) in [4.78, 5) is 14.1. The Morgan fingerprint density at radius 1 is 1.38 bits per heavy atom. The predicted octanol–water partition coefficient (Wildman–Crippen LogP) is 4.61. The Morgan fingerprint density at radius 3 is 2.71 bits per heavy atom. The average molecular weight is 374 g/mol. The highest BCUT2D eigenvalue weighted by molar-refractivity contribution is 9.10. The van der Waals surface area contributed by atoms with E-state index in [0.29, 0.717) is 10.2 Å². The Labute approximate surface area is 132 Å². The summed E-state index contributed by atoms with van der Waals surface area (Å²) in [7, 11) is 0. The maximum Gasteiger partial charge on any atom is 0.312 e. The predicted molar refractivity (Wildman–Crippen MR) is 81.1 cm³/mol. The summed E-state index contributed by atoms with van der Waals surface area (Å²) in [5, 5.41) is 20.5. The first kappa shape index (κ1) is 15.4. The summed E-state index contributed by atoms with van der Waals surface area (Å²) in [5.41, 5.74) is 0.0583. The summed E-state index contributed by atoms with van der Waals surface area (Å²) < 4.78 is 13.4. The molecule has 8 heteroatoms. The normalized spacial score (nSPS) is 11.0. The molecule has 0 radical (unpaired) electrons. The van der Waals surface area contributed by atoms with Crippen molar-refractivity contribution in [3.05, 3.63) is 61.3 Å². The van der Waals surface area contributed by atoms with Crippen molar-refractivity contribution in [1.29, 1.82) is 0 Å². The SMILES string of the molecule is O=[N+]([O-])c1cc(Br)cc(C=Nc2ccc(F)c(Cl)c2)c1O. The van der Waals surface area contributed by atoms with Gasteiger partial charge in [-0.1, -0.05) is 27.5 Å². The third-order valence-corrected chi connectivity index (χ3v) is 3.28. The highest BCUT2D eigenvalue weighted by atomic mass is 79.9. The summed E-state index contributed by atoms with van der Waals surface area (Å²) in [6.07, 6.45) is 1.23. The number of halogens is 3. The molecule has 0 bridgehead atoms. The van der Waals surface area contributed by atoms with Crippen LogP contribution in [0, 0.1) is 15.9 Å². The first-order valence-electron chi connectivity index (χ1n) is 5.54. The van der Waals surface area contributed by atoms with Gasteiger partial charge >= 0.3 is 5.69 Å². The quantitative estimate of drug-likeness (QED) is 0.485. The molecule has 5 nitrogen and oxygen atoms in total. The van der Waals surface area contributed by atoms with Crippen molar-refractivity contribution in [3.8, 4) is 5.75 Å². The van der Waals surface area contributed by atoms with Crippen molar-refractivity contribution in [3.63, 3.8) is 0 Å². The van der Waals surface area contributed by atoms with E-state index >= 15 is 0 Å². The summed E-state index contributed by atoms with van der Waals surface area (Å²) in [6.45, 7) is 0. The van der Waals surface area contributed by atoms with Gasteiger partial charge < -0.3 is 5.11 Å². The van der Waals surface area contributed by atoms with E-state index in [1.807, 2.05) is 0 Å². The minimum absolute atomic E-state index is 0.0888. The minimum atomic E-state index is -0.702. The van der Waals surface area contributed by atoms with E-state index in [1.54, 1.807) is 0 Å². The van der Waals surface area contributed by atoms with E-state index in [1.165, 1.54) is 30.5 Å². The highest BCUT2D eigenvalue weighted by Gasteiger charge is 2.17. The van der Waals surface area contributed by atoms with E-state index in [4.69, 9.17) is 11.6 Å². The van der Waals surface area contributed by atoms with Crippen LogP contribution in [0.4, 0.5) is 15.8 Å². The molecule has 0 atom stereocenters. The maximum absolute atomic E-state index is 13.0. The van der Waals surface area contributed by atoms with E-state index in [0.717, 1.165) is 6.07 Å². The Bertz CT molecular complexity index is 752. The maximum atomic E-state index is 13.0. The van der Waals surface area contributed by atoms with E-state index in [-0.39, 0.29) is 10.6 Å². The highest BCUT2D eigenvalue weighted by Crippen LogP contribution is 2.32. The van der Waals surface area contributed by atoms with Crippen LogP contribution >= 0.6 is 27.5 Å². The second-order valence-electron chi connectivity index (χ2n) is 3.98. The zero-order chi connectivity index (χ0) is 15.6. The lowest BCUT2D eigenvalue weighted by molar-refractivity contribution is -0.385. The monoisotopic (exact) mass is 372 g/mol. The van der Waals surface area contributed by atoms with Gasteiger partial charge in [0.05, 0.1) is 15.6 Å². The van der Waals surface area contributed by atoms with Crippen LogP contribution in [0.1, 0.15) is 5.56 Å². The zero-order valence-electron chi connectivity index (χ0n) is 10.3. The third-order valence-electron chi connectivity index (χ3n) is 2.54. The Balaban J connectivity index is 2.41. The van der Waals surface area contributed by atoms with Crippen molar-refractivity contribution in [1.82, 2.24) is 0 Å². The lowest BCUT2D eigenvalue weighted by atomic mass is 10.2. The fourth-order valence-electron chi connectivity index (χ4n) is 1.55. The molecule has 2 aromatic rings. The molecule has 0 unspecified atom stereocenters. The molecule has 0 fully saturated rings. The molecule has 108 valence electrons. The summed E-state index contributed by atoms with van der Waals surface area (Å²) >= 11 is 8.74. The number of hydrogen-bond donors (Lipinski definition) is 1. The van der Waals surface area contributed by atoms with E-state index < -0.39 is 22.2 Å². The Hall–Kier alpha value is -1.99. The van der Waals surface area contributed by atoms with Crippen molar-refractivity contribution in [2.45, 2.75) is 0 Å². The van der Waals surface area contributed by atoms with Crippen molar-refractivity contribution < 1.29 is 14.4 Å². The second kappa shape index (κ2) is 6.19. The molecular weight excluding hydrogens is 367 g/mol. The number of nitro groups is 1. The smallest absolute Gasteiger partial charge is 0.312 e. The van der Waals surface area contributed by atoms with Gasteiger partial charge in [-0.3, -0.25) is 15.1 Å². The number of aliphatic imine (C=N–C) groups is 1. The number of rotatable bonds is 3. The van der Waals surface area contributed by atoms with Crippen LogP contribution in [0.25, 0.3) is 0 Å². The number of hydrogen-bond acceptors (Lipinski definition) is 4. The molecule has 0 amide bonds. The molecule has 0 saturated heterocycles. The standard InChI is InChI=1S/C13H7BrClFN2O3/c14-8-3-7(13(19)12(4-8)18(20)21)6-17-9-1-2-11(16)10(15)5-9/h1-6,19H. The van der Waals surface area contributed by atoms with Gasteiger partial charge in [-0.2, -0.15) is 0 Å². The summed E-state index contributed by atoms with van der Waals surface area (Å²) in [6, 6.07) is 6.49. The number of nitrogens with zero attached hydrogens (tertiary/aromatic N) is 2. The van der Waals surface area contributed by atoms with Crippen LogP contribution in [-0.2, 0) is 0 Å². The van der Waals surface area contributed by atoms with Gasteiger partial charge in [-0.15, -0.1) is 0 Å². The van der Waals surface area contributed by atoms with Gasteiger partial charge in [0.1, 0.15) is 5.82 Å². The number of benzene rings is 2. The van der Waals surface area contributed by atoms with Crippen LogP contribution in [-0.4, -0.2) is 16.2 Å². The van der Waals surface area contributed by atoms with Crippen LogP contribution in [0.15, 0.2) is 39.8 Å². The molecule has 1 N–H and O–H groups in total. The topological polar surface area (TPSA) is 75.7 Å². The lowest BCUT2D eigenvalue weighted by Crippen LogP contribution is -1.92. The lowest BCUT2D eigenvalue weighted by Gasteiger charge is -2.02. The molecule has 0 heterocycles. The molecule has 0 aliphatic rings. The molecular formula is C13H7BrClFN2O3. The van der Waals surface area contributed by atoms with Crippen LogP contribution in [0.3, 0.4) is 0 Å². The van der Waals surface area contributed by atoms with Crippen molar-refractivity contribution in [2.24, 2.45) is 4.99 Å². The number of phenols is 1. The molecule has 2 aromatic carbocycles. The second-order valence-corrected chi connectivity index (χ2v) is 5.30. The molecule has 0 aliphatic carbocycles. The third kappa shape index (κ3) is 3.56. The van der Waals surface area contributed by atoms with Gasteiger partial charge in [0, 0.05) is 22.3 Å². The first-order chi connectivity index (χ1) is 9.88. The molecule has 0 saturated carbocycles. The first-order valence-corrected chi connectivity index (χ1v) is 6.71. The molecule has 21 heavy (non-hydrogen) atoms. The van der Waals surface area contributed by atoms with Crippen molar-refractivity contribution in [2.75, 3.05) is 0 Å². The van der Waals surface area contributed by atoms with Gasteiger partial charge in [-0.25, -0.2) is 4.39 Å². The number of aromatic hydroxyl groups is 1. The van der Waals surface area contributed by atoms with Gasteiger partial charge in [0.25, 0.3) is 0 Å². The fourth-order valence-corrected chi connectivity index (χ4v) is 2.19.